The van der Waals surface area contributed by atoms with Crippen molar-refractivity contribution < 1.29 is 9.90 Å². The number of aromatic nitrogens is 1. The lowest BCUT2D eigenvalue weighted by Crippen LogP contribution is -2.04. The van der Waals surface area contributed by atoms with Gasteiger partial charge in [0.05, 0.1) is 11.9 Å². The number of aryl methyl sites for hydroxylation is 1. The third kappa shape index (κ3) is 3.09. The molecule has 0 fully saturated rings. The van der Waals surface area contributed by atoms with E-state index in [9.17, 15) is 9.90 Å². The van der Waals surface area contributed by atoms with Crippen LogP contribution in [0, 0.1) is 0 Å². The van der Waals surface area contributed by atoms with Gasteiger partial charge in [-0.15, -0.1) is 0 Å². The predicted octanol–water partition coefficient (Wildman–Crippen LogP) is 6.17. The summed E-state index contributed by atoms with van der Waals surface area (Å²) in [6.07, 6.45) is 1.04. The molecule has 0 saturated carbocycles. The maximum Gasteiger partial charge on any atom is 0.304 e. The van der Waals surface area contributed by atoms with Crippen LogP contribution in [-0.4, -0.2) is 15.6 Å². The van der Waals surface area contributed by atoms with Gasteiger partial charge in [-0.25, -0.2) is 0 Å². The number of aliphatic carboxylic acids is 1. The summed E-state index contributed by atoms with van der Waals surface area (Å²) in [5.41, 5.74) is 2.30. The van der Waals surface area contributed by atoms with Crippen LogP contribution in [0.2, 0.25) is 5.02 Å². The largest absolute Gasteiger partial charge is 0.481 e. The highest BCUT2D eigenvalue weighted by atomic mass is 79.9. The van der Waals surface area contributed by atoms with Gasteiger partial charge in [-0.1, -0.05) is 45.4 Å². The Labute approximate surface area is 163 Å². The molecule has 3 nitrogen and oxygen atoms in total. The molecule has 0 amide bonds. The number of benzene rings is 2. The summed E-state index contributed by atoms with van der Waals surface area (Å²) in [6.45, 7) is 0.863. The molecule has 0 saturated heterocycles. The molecule has 25 heavy (non-hydrogen) atoms. The first-order valence-corrected chi connectivity index (χ1v) is 9.99. The van der Waals surface area contributed by atoms with Gasteiger partial charge in [0.25, 0.3) is 0 Å². The molecular weight excluding hydrogens is 422 g/mol. The lowest BCUT2D eigenvalue weighted by Gasteiger charge is -2.10. The lowest BCUT2D eigenvalue weighted by molar-refractivity contribution is -0.137. The maximum absolute atomic E-state index is 11.3. The van der Waals surface area contributed by atoms with E-state index < -0.39 is 5.97 Å². The van der Waals surface area contributed by atoms with Gasteiger partial charge in [0.15, 0.2) is 0 Å². The Balaban J connectivity index is 1.89. The lowest BCUT2D eigenvalue weighted by atomic mass is 10.0. The van der Waals surface area contributed by atoms with Gasteiger partial charge in [-0.05, 0) is 42.8 Å². The molecule has 2 heterocycles. The first-order valence-electron chi connectivity index (χ1n) is 8.00. The minimum absolute atomic E-state index is 0.0478. The molecule has 1 N–H and O–H groups in total. The maximum atomic E-state index is 11.3. The highest BCUT2D eigenvalue weighted by Gasteiger charge is 2.32. The van der Waals surface area contributed by atoms with E-state index in [-0.39, 0.29) is 12.3 Å². The van der Waals surface area contributed by atoms with Crippen LogP contribution in [0.25, 0.3) is 10.9 Å². The topological polar surface area (TPSA) is 42.2 Å². The minimum Gasteiger partial charge on any atom is -0.481 e. The van der Waals surface area contributed by atoms with Gasteiger partial charge in [-0.3, -0.25) is 4.79 Å². The third-order valence-electron chi connectivity index (χ3n) is 4.58. The van der Waals surface area contributed by atoms with Crippen molar-refractivity contribution in [2.75, 3.05) is 0 Å². The zero-order chi connectivity index (χ0) is 17.6. The van der Waals surface area contributed by atoms with Crippen molar-refractivity contribution in [3.63, 3.8) is 0 Å². The molecule has 1 aliphatic heterocycles. The molecule has 0 radical (unpaired) electrons. The summed E-state index contributed by atoms with van der Waals surface area (Å²) < 4.78 is 3.32. The van der Waals surface area contributed by atoms with E-state index in [2.05, 4.69) is 26.6 Å². The van der Waals surface area contributed by atoms with E-state index in [0.29, 0.717) is 5.02 Å². The molecule has 0 bridgehead atoms. The normalized spacial score (nSPS) is 16.3. The number of rotatable bonds is 4. The minimum atomic E-state index is -0.745. The fourth-order valence-electron chi connectivity index (χ4n) is 3.54. The van der Waals surface area contributed by atoms with Crippen molar-refractivity contribution in [1.29, 1.82) is 0 Å². The second-order valence-corrected chi connectivity index (χ2v) is 8.51. The van der Waals surface area contributed by atoms with Gasteiger partial charge >= 0.3 is 5.97 Å². The molecular formula is C19H15BrClNO2S. The number of hydrogen-bond donors (Lipinski definition) is 1. The number of nitrogens with zero attached hydrogens (tertiary/aromatic N) is 1. The van der Waals surface area contributed by atoms with Crippen molar-refractivity contribution in [3.05, 3.63) is 57.7 Å². The molecule has 128 valence electrons. The van der Waals surface area contributed by atoms with Gasteiger partial charge in [0.2, 0.25) is 0 Å². The SMILES string of the molecule is O=C(O)CC1CCn2c1c(Sc1ccc(Cl)cc1)c1c(Br)cccc12. The molecule has 1 aromatic heterocycles. The number of carbonyl (C=O) groups is 1. The van der Waals surface area contributed by atoms with Crippen LogP contribution in [-0.2, 0) is 11.3 Å². The van der Waals surface area contributed by atoms with Gasteiger partial charge in [0, 0.05) is 42.8 Å². The molecule has 4 rings (SSSR count). The average molecular weight is 437 g/mol. The first-order chi connectivity index (χ1) is 12.0. The van der Waals surface area contributed by atoms with Crippen molar-refractivity contribution in [2.24, 2.45) is 0 Å². The summed E-state index contributed by atoms with van der Waals surface area (Å²) in [7, 11) is 0. The van der Waals surface area contributed by atoms with Crippen LogP contribution >= 0.6 is 39.3 Å². The van der Waals surface area contributed by atoms with Crippen LogP contribution in [0.5, 0.6) is 0 Å². The Bertz CT molecular complexity index is 968. The van der Waals surface area contributed by atoms with Crippen LogP contribution in [0.15, 0.2) is 56.7 Å². The van der Waals surface area contributed by atoms with Gasteiger partial charge in [-0.2, -0.15) is 0 Å². The summed E-state index contributed by atoms with van der Waals surface area (Å²) in [5, 5.41) is 11.2. The van der Waals surface area contributed by atoms with Crippen LogP contribution in [0.3, 0.4) is 0 Å². The number of hydrogen-bond acceptors (Lipinski definition) is 2. The van der Waals surface area contributed by atoms with E-state index in [4.69, 9.17) is 11.6 Å². The molecule has 0 spiro atoms. The van der Waals surface area contributed by atoms with Gasteiger partial charge < -0.3 is 9.67 Å². The Morgan fingerprint density at radius 2 is 2.04 bits per heavy atom. The van der Waals surface area contributed by atoms with E-state index in [1.165, 1.54) is 0 Å². The highest BCUT2D eigenvalue weighted by Crippen LogP contribution is 2.48. The average Bonchev–Trinajstić information content (AvgIpc) is 3.10. The Kier molecular flexibility index (Phi) is 4.56. The zero-order valence-corrected chi connectivity index (χ0v) is 16.4. The van der Waals surface area contributed by atoms with E-state index in [0.717, 1.165) is 43.8 Å². The highest BCUT2D eigenvalue weighted by molar-refractivity contribution is 9.10. The van der Waals surface area contributed by atoms with Crippen molar-refractivity contribution in [2.45, 2.75) is 35.1 Å². The number of fused-ring (bicyclic) bond motifs is 3. The predicted molar refractivity (Wildman–Crippen MR) is 105 cm³/mol. The molecule has 6 heteroatoms. The quantitative estimate of drug-likeness (QED) is 0.532. The standard InChI is InChI=1S/C19H15BrClNO2S/c20-14-2-1-3-15-17(14)19(25-13-6-4-12(21)5-7-13)18-11(10-16(23)24)8-9-22(15)18/h1-7,11H,8-10H2,(H,23,24). The Hall–Kier alpha value is -1.43. The van der Waals surface area contributed by atoms with Crippen molar-refractivity contribution in [3.8, 4) is 0 Å². The monoisotopic (exact) mass is 435 g/mol. The summed E-state index contributed by atoms with van der Waals surface area (Å²) in [5.74, 6) is -0.697. The number of carboxylic acid groups (broad SMARTS) is 1. The summed E-state index contributed by atoms with van der Waals surface area (Å²) in [4.78, 5) is 13.6. The van der Waals surface area contributed by atoms with Crippen LogP contribution < -0.4 is 0 Å². The Morgan fingerprint density at radius 1 is 1.28 bits per heavy atom. The molecule has 2 aromatic carbocycles. The number of halogens is 2. The van der Waals surface area contributed by atoms with E-state index >= 15 is 0 Å². The van der Waals surface area contributed by atoms with Crippen molar-refractivity contribution in [1.82, 2.24) is 4.57 Å². The molecule has 1 atom stereocenters. The summed E-state index contributed by atoms with van der Waals surface area (Å²) in [6, 6.07) is 13.9. The molecule has 0 aliphatic carbocycles. The second-order valence-electron chi connectivity index (χ2n) is 6.14. The first kappa shape index (κ1) is 17.0. The number of carboxylic acids is 1. The van der Waals surface area contributed by atoms with Crippen LogP contribution in [0.1, 0.15) is 24.5 Å². The third-order valence-corrected chi connectivity index (χ3v) is 6.61. The molecule has 1 aliphatic rings. The second kappa shape index (κ2) is 6.71. The van der Waals surface area contributed by atoms with Gasteiger partial charge in [0.1, 0.15) is 0 Å². The fraction of sp³-hybridized carbons (Fsp3) is 0.211. The molecule has 3 aromatic rings. The fourth-order valence-corrected chi connectivity index (χ4v) is 5.56. The molecule has 1 unspecified atom stereocenters. The summed E-state index contributed by atoms with van der Waals surface area (Å²) >= 11 is 11.4. The van der Waals surface area contributed by atoms with E-state index in [1.807, 2.05) is 36.4 Å². The van der Waals surface area contributed by atoms with Crippen molar-refractivity contribution >= 4 is 56.2 Å². The van der Waals surface area contributed by atoms with Crippen LogP contribution in [0.4, 0.5) is 0 Å². The van der Waals surface area contributed by atoms with E-state index in [1.54, 1.807) is 11.8 Å². The Morgan fingerprint density at radius 3 is 2.76 bits per heavy atom. The zero-order valence-electron chi connectivity index (χ0n) is 13.2. The smallest absolute Gasteiger partial charge is 0.304 e.